The molecule has 0 saturated carbocycles. The third-order valence-corrected chi connectivity index (χ3v) is 5.47. The molecular weight excluding hydrogens is 885 g/mol. The molecule has 0 aromatic heterocycles. The van der Waals surface area contributed by atoms with Gasteiger partial charge >= 0.3 is 65.7 Å². The standard InChI is InChI=1S/C22H28O19.C6H10O4.C5H10O2.Y/c1-11(20(30)33-4)40-22(32)13(3)41-21(31)12(2)39-19(29)7-18(28)38-10-37-17(27)6-16(26)36-9-35-15(25)5-14(24)34-8-23;1-5(7)3-6(8)10-4-9-2;1-4(2)5(6)7-3;/h11-13,23H,5-10H2,1-4H3;3-4H2,1-2H3;4H,1-3H3;. The number of Topliss-reactive ketones (excluding diaryl/α,β-unsaturated/α-hetero) is 1. The number of ether oxygens (including phenoxy) is 12. The van der Waals surface area contributed by atoms with E-state index < -0.39 is 118 Å². The number of esters is 11. The van der Waals surface area contributed by atoms with Crippen LogP contribution in [0.1, 0.15) is 67.2 Å². The largest absolute Gasteiger partial charge is 0.469 e. The molecule has 0 fully saturated rings. The minimum atomic E-state index is -1.57. The fraction of sp³-hybridized carbons (Fsp3) is 0.636. The van der Waals surface area contributed by atoms with Crippen LogP contribution < -0.4 is 0 Å². The predicted octanol–water partition coefficient (Wildman–Crippen LogP) is -1.37. The van der Waals surface area contributed by atoms with Crippen LogP contribution >= 0.6 is 0 Å². The molecule has 333 valence electrons. The number of hydrogen-bond acceptors (Lipinski definition) is 25. The number of aliphatic hydroxyl groups is 1. The van der Waals surface area contributed by atoms with Gasteiger partial charge in [0.25, 0.3) is 0 Å². The van der Waals surface area contributed by atoms with Crippen LogP contribution in [0.4, 0.5) is 0 Å². The van der Waals surface area contributed by atoms with Gasteiger partial charge in [0.05, 0.1) is 20.1 Å². The van der Waals surface area contributed by atoms with Crippen LogP contribution in [-0.2, 0) is 147 Å². The summed E-state index contributed by atoms with van der Waals surface area (Å²) >= 11 is 0. The van der Waals surface area contributed by atoms with Gasteiger partial charge in [-0.25, -0.2) is 14.4 Å². The molecule has 0 aliphatic heterocycles. The first-order valence-corrected chi connectivity index (χ1v) is 16.3. The van der Waals surface area contributed by atoms with Gasteiger partial charge in [-0.15, -0.1) is 0 Å². The van der Waals surface area contributed by atoms with Gasteiger partial charge in [0.1, 0.15) is 31.5 Å². The molecule has 3 atom stereocenters. The van der Waals surface area contributed by atoms with Crippen LogP contribution in [0, 0.1) is 5.92 Å². The Bertz CT molecular complexity index is 1410. The minimum Gasteiger partial charge on any atom is -0.469 e. The van der Waals surface area contributed by atoms with Crippen molar-refractivity contribution in [2.45, 2.75) is 85.5 Å². The summed E-state index contributed by atoms with van der Waals surface area (Å²) in [4.78, 5) is 135. The summed E-state index contributed by atoms with van der Waals surface area (Å²) in [5, 5.41) is 8.34. The van der Waals surface area contributed by atoms with Crippen molar-refractivity contribution in [3.05, 3.63) is 0 Å². The maximum Gasteiger partial charge on any atom is 0.347 e. The van der Waals surface area contributed by atoms with Crippen LogP contribution in [0.3, 0.4) is 0 Å². The Morgan fingerprint density at radius 2 is 0.746 bits per heavy atom. The van der Waals surface area contributed by atoms with Gasteiger partial charge in [-0.05, 0) is 27.7 Å². The van der Waals surface area contributed by atoms with E-state index in [4.69, 9.17) is 14.6 Å². The Kier molecular flexibility index (Phi) is 36.9. The molecule has 0 aromatic carbocycles. The molecule has 25 nitrogen and oxygen atoms in total. The molecule has 0 spiro atoms. The molecule has 0 saturated heterocycles. The number of carbonyl (C=O) groups excluding carboxylic acids is 12. The zero-order valence-corrected chi connectivity index (χ0v) is 36.6. The SMILES string of the molecule is COC(=O)C(C)C.COC(=O)C(C)OC(=O)C(C)OC(=O)C(C)OC(=O)CC(=O)OCOC(=O)CC(=O)OCOC(=O)CC(=O)OCO.COCOC(=O)CC(C)=O.[Y]. The van der Waals surface area contributed by atoms with E-state index in [-0.39, 0.29) is 63.6 Å². The molecule has 0 aliphatic carbocycles. The van der Waals surface area contributed by atoms with Crippen molar-refractivity contribution >= 4 is 71.4 Å². The van der Waals surface area contributed by atoms with Crippen molar-refractivity contribution < 1.29 is 152 Å². The molecule has 0 aromatic rings. The first-order chi connectivity index (χ1) is 27.0. The van der Waals surface area contributed by atoms with E-state index in [2.05, 4.69) is 47.4 Å². The summed E-state index contributed by atoms with van der Waals surface area (Å²) in [6.07, 6.45) is -7.37. The summed E-state index contributed by atoms with van der Waals surface area (Å²) < 4.78 is 53.5. The fourth-order valence-corrected chi connectivity index (χ4v) is 2.71. The summed E-state index contributed by atoms with van der Waals surface area (Å²) in [5.74, 6) is -11.2. The molecule has 26 heteroatoms. The fourth-order valence-electron chi connectivity index (χ4n) is 2.71. The van der Waals surface area contributed by atoms with Crippen LogP contribution in [0.25, 0.3) is 0 Å². The third kappa shape index (κ3) is 35.7. The zero-order chi connectivity index (χ0) is 45.4. The monoisotopic (exact) mass is 933 g/mol. The molecule has 1 N–H and O–H groups in total. The Morgan fingerprint density at radius 3 is 1.07 bits per heavy atom. The number of carbonyl (C=O) groups is 12. The van der Waals surface area contributed by atoms with E-state index in [0.29, 0.717) is 0 Å². The molecule has 0 aliphatic rings. The second-order valence-corrected chi connectivity index (χ2v) is 10.8. The van der Waals surface area contributed by atoms with Gasteiger partial charge in [-0.2, -0.15) is 0 Å². The van der Waals surface area contributed by atoms with Gasteiger partial charge in [-0.3, -0.25) is 43.2 Å². The van der Waals surface area contributed by atoms with Crippen LogP contribution in [0.15, 0.2) is 0 Å². The Labute approximate surface area is 362 Å². The Morgan fingerprint density at radius 1 is 0.424 bits per heavy atom. The number of aliphatic hydroxyl groups excluding tert-OH is 1. The number of methoxy groups -OCH3 is 3. The zero-order valence-electron chi connectivity index (χ0n) is 33.8. The number of hydrogen-bond donors (Lipinski definition) is 1. The first kappa shape index (κ1) is 60.5. The molecule has 0 heterocycles. The summed E-state index contributed by atoms with van der Waals surface area (Å²) in [6, 6.07) is 0. The van der Waals surface area contributed by atoms with Gasteiger partial charge in [0.2, 0.25) is 13.6 Å². The van der Waals surface area contributed by atoms with Crippen LogP contribution in [-0.4, -0.2) is 143 Å². The molecule has 59 heavy (non-hydrogen) atoms. The van der Waals surface area contributed by atoms with Gasteiger partial charge in [0, 0.05) is 39.8 Å². The minimum absolute atomic E-state index is 0. The van der Waals surface area contributed by atoms with Crippen LogP contribution in [0.5, 0.6) is 0 Å². The van der Waals surface area contributed by atoms with E-state index in [1.165, 1.54) is 28.1 Å². The van der Waals surface area contributed by atoms with Gasteiger partial charge in [0.15, 0.2) is 31.9 Å². The normalized spacial score (nSPS) is 11.1. The van der Waals surface area contributed by atoms with E-state index in [1.807, 2.05) is 0 Å². The molecule has 0 amide bonds. The van der Waals surface area contributed by atoms with E-state index in [9.17, 15) is 57.5 Å². The first-order valence-electron chi connectivity index (χ1n) is 16.3. The predicted molar refractivity (Wildman–Crippen MR) is 180 cm³/mol. The average Bonchev–Trinajstić information content (AvgIpc) is 3.13. The Hall–Kier alpha value is -5.14. The smallest absolute Gasteiger partial charge is 0.347 e. The van der Waals surface area contributed by atoms with E-state index >= 15 is 0 Å². The quantitative estimate of drug-likeness (QED) is 0.0566. The molecule has 0 bridgehead atoms. The molecule has 3 unspecified atom stereocenters. The van der Waals surface area contributed by atoms with Crippen molar-refractivity contribution in [2.75, 3.05) is 48.5 Å². The van der Waals surface area contributed by atoms with Crippen molar-refractivity contribution in [3.8, 4) is 0 Å². The van der Waals surface area contributed by atoms with E-state index in [1.54, 1.807) is 13.8 Å². The summed E-state index contributed by atoms with van der Waals surface area (Å²) in [7, 11) is 3.87. The maximum atomic E-state index is 12.0. The number of rotatable bonds is 22. The Balaban J connectivity index is -0.000000693. The third-order valence-electron chi connectivity index (χ3n) is 5.47. The average molecular weight is 934 g/mol. The summed E-state index contributed by atoms with van der Waals surface area (Å²) in [6.45, 7) is 5.37. The molecule has 0 rings (SSSR count). The van der Waals surface area contributed by atoms with Gasteiger partial charge < -0.3 is 61.9 Å². The maximum absolute atomic E-state index is 12.0. The molecule has 1 radical (unpaired) electrons. The van der Waals surface area contributed by atoms with Crippen molar-refractivity contribution in [2.24, 2.45) is 5.92 Å². The van der Waals surface area contributed by atoms with Gasteiger partial charge in [-0.1, -0.05) is 13.8 Å². The van der Waals surface area contributed by atoms with Crippen molar-refractivity contribution in [1.82, 2.24) is 0 Å². The van der Waals surface area contributed by atoms with Crippen molar-refractivity contribution in [1.29, 1.82) is 0 Å². The van der Waals surface area contributed by atoms with Crippen molar-refractivity contribution in [3.63, 3.8) is 0 Å². The number of ketones is 1. The van der Waals surface area contributed by atoms with Crippen LogP contribution in [0.2, 0.25) is 0 Å². The topological polar surface area (TPSA) is 336 Å². The second kappa shape index (κ2) is 36.0. The molecular formula is C33H48O25Y. The van der Waals surface area contributed by atoms with E-state index in [0.717, 1.165) is 21.0 Å². The second-order valence-electron chi connectivity index (χ2n) is 10.8. The summed E-state index contributed by atoms with van der Waals surface area (Å²) in [5.41, 5.74) is 0.